The van der Waals surface area contributed by atoms with Gasteiger partial charge in [-0.25, -0.2) is 13.2 Å². The van der Waals surface area contributed by atoms with Gasteiger partial charge in [0.1, 0.15) is 11.5 Å². The summed E-state index contributed by atoms with van der Waals surface area (Å²) >= 11 is 0. The van der Waals surface area contributed by atoms with E-state index in [1.165, 1.54) is 0 Å². The molecule has 1 atom stereocenters. The van der Waals surface area contributed by atoms with Crippen LogP contribution in [0.5, 0.6) is 0 Å². The van der Waals surface area contributed by atoms with Crippen molar-refractivity contribution in [2.45, 2.75) is 33.2 Å². The minimum Gasteiger partial charge on any atom is -0.377 e. The average Bonchev–Trinajstić information content (AvgIpc) is 2.15. The summed E-state index contributed by atoms with van der Waals surface area (Å²) in [5.74, 6) is -2.44. The molecule has 0 aliphatic heterocycles. The molecule has 1 nitrogen and oxygen atoms in total. The number of anilines is 1. The molecule has 1 N–H and O–H groups in total. The lowest BCUT2D eigenvalue weighted by Crippen LogP contribution is -2.25. The Bertz CT molecular complexity index is 340. The Labute approximate surface area is 93.7 Å². The zero-order chi connectivity index (χ0) is 12.3. The third-order valence-electron chi connectivity index (χ3n) is 2.58. The van der Waals surface area contributed by atoms with Gasteiger partial charge < -0.3 is 5.32 Å². The average molecular weight is 231 g/mol. The summed E-state index contributed by atoms with van der Waals surface area (Å²) in [6.07, 6.45) is 0.744. The van der Waals surface area contributed by atoms with E-state index in [-0.39, 0.29) is 17.6 Å². The second kappa shape index (κ2) is 5.23. The molecule has 0 saturated heterocycles. The van der Waals surface area contributed by atoms with Crippen LogP contribution in [0.1, 0.15) is 27.2 Å². The van der Waals surface area contributed by atoms with Gasteiger partial charge in [0, 0.05) is 18.2 Å². The normalized spacial score (nSPS) is 12.9. The molecular weight excluding hydrogens is 215 g/mol. The smallest absolute Gasteiger partial charge is 0.152 e. The van der Waals surface area contributed by atoms with Crippen molar-refractivity contribution < 1.29 is 13.2 Å². The highest BCUT2D eigenvalue weighted by atomic mass is 19.1. The number of halogens is 3. The van der Waals surface area contributed by atoms with E-state index < -0.39 is 17.5 Å². The molecule has 0 bridgehead atoms. The fourth-order valence-corrected chi connectivity index (χ4v) is 1.61. The molecule has 0 heterocycles. The Morgan fingerprint density at radius 1 is 1.12 bits per heavy atom. The third-order valence-corrected chi connectivity index (χ3v) is 2.58. The van der Waals surface area contributed by atoms with Crippen LogP contribution in [0.3, 0.4) is 0 Å². The van der Waals surface area contributed by atoms with Crippen molar-refractivity contribution in [1.29, 1.82) is 0 Å². The second-order valence-corrected chi connectivity index (χ2v) is 4.15. The number of rotatable bonds is 4. The van der Waals surface area contributed by atoms with Gasteiger partial charge in [-0.1, -0.05) is 20.8 Å². The minimum absolute atomic E-state index is 0.0329. The first-order valence-corrected chi connectivity index (χ1v) is 5.36. The molecule has 0 aromatic heterocycles. The van der Waals surface area contributed by atoms with Crippen molar-refractivity contribution in [2.75, 3.05) is 5.32 Å². The quantitative estimate of drug-likeness (QED) is 0.827. The van der Waals surface area contributed by atoms with Crippen LogP contribution in [-0.2, 0) is 0 Å². The van der Waals surface area contributed by atoms with E-state index in [1.807, 2.05) is 20.8 Å². The predicted molar refractivity (Wildman–Crippen MR) is 58.9 cm³/mol. The molecule has 1 aromatic rings. The van der Waals surface area contributed by atoms with Gasteiger partial charge in [0.05, 0.1) is 0 Å². The van der Waals surface area contributed by atoms with Gasteiger partial charge in [-0.3, -0.25) is 0 Å². The number of benzene rings is 1. The highest BCUT2D eigenvalue weighted by Gasteiger charge is 2.17. The van der Waals surface area contributed by atoms with Crippen LogP contribution < -0.4 is 5.32 Å². The fourth-order valence-electron chi connectivity index (χ4n) is 1.61. The topological polar surface area (TPSA) is 12.0 Å². The summed E-state index contributed by atoms with van der Waals surface area (Å²) in [5, 5.41) is 2.78. The largest absolute Gasteiger partial charge is 0.377 e. The van der Waals surface area contributed by atoms with E-state index in [2.05, 4.69) is 5.32 Å². The molecule has 0 aliphatic carbocycles. The predicted octanol–water partition coefficient (Wildman–Crippen LogP) is 3.95. The maximum Gasteiger partial charge on any atom is 0.152 e. The molecule has 0 amide bonds. The highest BCUT2D eigenvalue weighted by molar-refractivity contribution is 5.47. The lowest BCUT2D eigenvalue weighted by Gasteiger charge is -2.22. The van der Waals surface area contributed by atoms with Crippen molar-refractivity contribution in [2.24, 2.45) is 5.92 Å². The van der Waals surface area contributed by atoms with Crippen molar-refractivity contribution in [3.8, 4) is 0 Å². The Hall–Kier alpha value is -1.19. The summed E-state index contributed by atoms with van der Waals surface area (Å²) in [6, 6.07) is 1.33. The molecule has 0 aliphatic rings. The van der Waals surface area contributed by atoms with E-state index in [0.717, 1.165) is 6.42 Å². The molecule has 0 saturated carbocycles. The molecule has 1 rings (SSSR count). The lowest BCUT2D eigenvalue weighted by atomic mass is 10.0. The summed E-state index contributed by atoms with van der Waals surface area (Å²) in [6.45, 7) is 5.85. The summed E-state index contributed by atoms with van der Waals surface area (Å²) in [5.41, 5.74) is -0.248. The molecule has 0 fully saturated rings. The molecule has 4 heteroatoms. The van der Waals surface area contributed by atoms with Gasteiger partial charge in [-0.05, 0) is 12.3 Å². The first-order chi connectivity index (χ1) is 7.45. The Kier molecular flexibility index (Phi) is 4.21. The van der Waals surface area contributed by atoms with Crippen LogP contribution in [-0.4, -0.2) is 6.04 Å². The second-order valence-electron chi connectivity index (χ2n) is 4.15. The van der Waals surface area contributed by atoms with Crippen molar-refractivity contribution in [1.82, 2.24) is 0 Å². The van der Waals surface area contributed by atoms with Gasteiger partial charge >= 0.3 is 0 Å². The van der Waals surface area contributed by atoms with Gasteiger partial charge in [-0.15, -0.1) is 0 Å². The van der Waals surface area contributed by atoms with Gasteiger partial charge in [0.25, 0.3) is 0 Å². The Balaban J connectivity index is 2.96. The Morgan fingerprint density at radius 2 is 1.62 bits per heavy atom. The molecule has 0 radical (unpaired) electrons. The first-order valence-electron chi connectivity index (χ1n) is 5.36. The van der Waals surface area contributed by atoms with Crippen molar-refractivity contribution in [3.63, 3.8) is 0 Å². The molecule has 1 aromatic carbocycles. The van der Waals surface area contributed by atoms with Crippen LogP contribution in [0.15, 0.2) is 12.1 Å². The summed E-state index contributed by atoms with van der Waals surface area (Å²) in [7, 11) is 0. The van der Waals surface area contributed by atoms with E-state index >= 15 is 0 Å². The monoisotopic (exact) mass is 231 g/mol. The van der Waals surface area contributed by atoms with E-state index in [4.69, 9.17) is 0 Å². The third kappa shape index (κ3) is 2.90. The van der Waals surface area contributed by atoms with E-state index in [1.54, 1.807) is 0 Å². The van der Waals surface area contributed by atoms with Crippen LogP contribution in [0.2, 0.25) is 0 Å². The minimum atomic E-state index is -0.904. The zero-order valence-electron chi connectivity index (χ0n) is 9.65. The van der Waals surface area contributed by atoms with Crippen LogP contribution in [0.4, 0.5) is 18.9 Å². The standard InChI is InChI=1S/C12H16F3N/c1-4-11(7(2)3)16-12-9(14)5-8(13)6-10(12)15/h5-7,11,16H,4H2,1-3H3. The molecule has 90 valence electrons. The number of hydrogen-bond donors (Lipinski definition) is 1. The highest BCUT2D eigenvalue weighted by Crippen LogP contribution is 2.23. The van der Waals surface area contributed by atoms with E-state index in [0.29, 0.717) is 12.1 Å². The van der Waals surface area contributed by atoms with Crippen LogP contribution >= 0.6 is 0 Å². The van der Waals surface area contributed by atoms with Gasteiger partial charge in [0.15, 0.2) is 11.6 Å². The molecular formula is C12H16F3N. The van der Waals surface area contributed by atoms with Gasteiger partial charge in [-0.2, -0.15) is 0 Å². The lowest BCUT2D eigenvalue weighted by molar-refractivity contribution is 0.495. The SMILES string of the molecule is CCC(Nc1c(F)cc(F)cc1F)C(C)C. The van der Waals surface area contributed by atoms with Crippen LogP contribution in [0, 0.1) is 23.4 Å². The zero-order valence-corrected chi connectivity index (χ0v) is 9.65. The first kappa shape index (κ1) is 12.9. The van der Waals surface area contributed by atoms with Crippen molar-refractivity contribution >= 4 is 5.69 Å². The summed E-state index contributed by atoms with van der Waals surface area (Å²) < 4.78 is 39.3. The number of nitrogens with one attached hydrogen (secondary N) is 1. The van der Waals surface area contributed by atoms with E-state index in [9.17, 15) is 13.2 Å². The number of hydrogen-bond acceptors (Lipinski definition) is 1. The van der Waals surface area contributed by atoms with Crippen molar-refractivity contribution in [3.05, 3.63) is 29.6 Å². The fraction of sp³-hybridized carbons (Fsp3) is 0.500. The molecule has 0 spiro atoms. The Morgan fingerprint density at radius 3 is 2.00 bits per heavy atom. The molecule has 16 heavy (non-hydrogen) atoms. The maximum atomic E-state index is 13.3. The maximum absolute atomic E-state index is 13.3. The van der Waals surface area contributed by atoms with Gasteiger partial charge in [0.2, 0.25) is 0 Å². The molecule has 1 unspecified atom stereocenters. The summed E-state index contributed by atoms with van der Waals surface area (Å²) in [4.78, 5) is 0. The van der Waals surface area contributed by atoms with Crippen LogP contribution in [0.25, 0.3) is 0 Å².